The minimum absolute atomic E-state index is 0.0549. The van der Waals surface area contributed by atoms with Gasteiger partial charge in [0.2, 0.25) is 0 Å². The van der Waals surface area contributed by atoms with Gasteiger partial charge in [-0.2, -0.15) is 0 Å². The van der Waals surface area contributed by atoms with E-state index in [4.69, 9.17) is 0 Å². The molecule has 1 aliphatic rings. The summed E-state index contributed by atoms with van der Waals surface area (Å²) in [6.07, 6.45) is 1.03. The average Bonchev–Trinajstić information content (AvgIpc) is 3.15. The Balaban J connectivity index is 1.57. The van der Waals surface area contributed by atoms with Crippen molar-refractivity contribution in [1.82, 2.24) is 9.80 Å². The molecule has 0 aliphatic carbocycles. The molecule has 1 aliphatic heterocycles. The molecule has 25 heavy (non-hydrogen) atoms. The molecule has 1 saturated heterocycles. The number of hydrogen-bond acceptors (Lipinski definition) is 3. The molecule has 1 aromatic carbocycles. The molecule has 132 valence electrons. The van der Waals surface area contributed by atoms with Crippen LogP contribution in [0.4, 0.5) is 0 Å². The second-order valence-electron chi connectivity index (χ2n) is 6.86. The van der Waals surface area contributed by atoms with Crippen molar-refractivity contribution in [2.24, 2.45) is 5.92 Å². The first-order valence-electron chi connectivity index (χ1n) is 8.75. The fourth-order valence-electron chi connectivity index (χ4n) is 3.11. The minimum atomic E-state index is 0.0549. The van der Waals surface area contributed by atoms with Crippen LogP contribution >= 0.6 is 11.3 Å². The van der Waals surface area contributed by atoms with Crippen LogP contribution in [0.5, 0.6) is 0 Å². The highest BCUT2D eigenvalue weighted by Gasteiger charge is 2.25. The lowest BCUT2D eigenvalue weighted by molar-refractivity contribution is 0.0538. The maximum absolute atomic E-state index is 12.7. The Morgan fingerprint density at radius 2 is 1.56 bits per heavy atom. The molecule has 1 fully saturated rings. The maximum Gasteiger partial charge on any atom is 0.264 e. The van der Waals surface area contributed by atoms with Gasteiger partial charge in [-0.05, 0) is 41.5 Å². The highest BCUT2D eigenvalue weighted by molar-refractivity contribution is 7.12. The van der Waals surface area contributed by atoms with Crippen LogP contribution in [-0.4, -0.2) is 47.8 Å². The van der Waals surface area contributed by atoms with Crippen molar-refractivity contribution < 1.29 is 9.59 Å². The molecule has 0 unspecified atom stereocenters. The van der Waals surface area contributed by atoms with Crippen molar-refractivity contribution in [2.45, 2.75) is 20.3 Å². The van der Waals surface area contributed by atoms with Crippen molar-refractivity contribution in [3.8, 4) is 0 Å². The van der Waals surface area contributed by atoms with Gasteiger partial charge in [-0.1, -0.05) is 32.0 Å². The van der Waals surface area contributed by atoms with Crippen molar-refractivity contribution in [2.75, 3.05) is 26.2 Å². The third-order valence-electron chi connectivity index (χ3n) is 4.43. The number of rotatable bonds is 4. The fraction of sp³-hybridized carbons (Fsp3) is 0.400. The van der Waals surface area contributed by atoms with E-state index in [1.807, 2.05) is 51.6 Å². The molecule has 0 spiro atoms. The molecule has 0 atom stereocenters. The first-order valence-corrected chi connectivity index (χ1v) is 9.63. The summed E-state index contributed by atoms with van der Waals surface area (Å²) in [6.45, 7) is 6.74. The Morgan fingerprint density at radius 1 is 0.960 bits per heavy atom. The van der Waals surface area contributed by atoms with Crippen LogP contribution < -0.4 is 0 Å². The lowest BCUT2D eigenvalue weighted by Crippen LogP contribution is -2.50. The Labute approximate surface area is 153 Å². The molecule has 0 bridgehead atoms. The molecule has 2 amide bonds. The van der Waals surface area contributed by atoms with Gasteiger partial charge in [0.15, 0.2) is 0 Å². The summed E-state index contributed by atoms with van der Waals surface area (Å²) >= 11 is 1.46. The second kappa shape index (κ2) is 7.83. The third kappa shape index (κ3) is 4.28. The largest absolute Gasteiger partial charge is 0.335 e. The summed E-state index contributed by atoms with van der Waals surface area (Å²) in [7, 11) is 0. The Morgan fingerprint density at radius 3 is 2.08 bits per heavy atom. The van der Waals surface area contributed by atoms with Gasteiger partial charge in [0.25, 0.3) is 11.8 Å². The van der Waals surface area contributed by atoms with Gasteiger partial charge in [0.05, 0.1) is 4.88 Å². The number of benzene rings is 1. The lowest BCUT2D eigenvalue weighted by atomic mass is 10.0. The van der Waals surface area contributed by atoms with Crippen LogP contribution in [0, 0.1) is 5.92 Å². The van der Waals surface area contributed by atoms with Gasteiger partial charge >= 0.3 is 0 Å². The van der Waals surface area contributed by atoms with E-state index in [1.165, 1.54) is 16.9 Å². The molecule has 0 radical (unpaired) electrons. The minimum Gasteiger partial charge on any atom is -0.335 e. The van der Waals surface area contributed by atoms with Crippen LogP contribution in [0.25, 0.3) is 0 Å². The molecule has 2 aromatic rings. The highest BCUT2D eigenvalue weighted by atomic mass is 32.1. The molecule has 1 aromatic heterocycles. The highest BCUT2D eigenvalue weighted by Crippen LogP contribution is 2.16. The number of thiophene rings is 1. The van der Waals surface area contributed by atoms with Crippen molar-refractivity contribution in [1.29, 1.82) is 0 Å². The van der Waals surface area contributed by atoms with Crippen LogP contribution in [-0.2, 0) is 6.42 Å². The normalized spacial score (nSPS) is 14.8. The summed E-state index contributed by atoms with van der Waals surface area (Å²) in [5.41, 5.74) is 1.99. The molecular weight excluding hydrogens is 332 g/mol. The van der Waals surface area contributed by atoms with Crippen molar-refractivity contribution in [3.63, 3.8) is 0 Å². The monoisotopic (exact) mass is 356 g/mol. The fourth-order valence-corrected chi connectivity index (χ4v) is 3.80. The van der Waals surface area contributed by atoms with E-state index in [9.17, 15) is 9.59 Å². The Kier molecular flexibility index (Phi) is 5.53. The molecule has 4 nitrogen and oxygen atoms in total. The van der Waals surface area contributed by atoms with E-state index in [0.29, 0.717) is 32.1 Å². The predicted molar refractivity (Wildman–Crippen MR) is 101 cm³/mol. The molecule has 5 heteroatoms. The SMILES string of the molecule is CC(C)Cc1ccc(C(=O)N2CCN(C(=O)c3cccs3)CC2)cc1. The van der Waals surface area contributed by atoms with Gasteiger partial charge in [-0.15, -0.1) is 11.3 Å². The van der Waals surface area contributed by atoms with Crippen molar-refractivity contribution >= 4 is 23.2 Å². The van der Waals surface area contributed by atoms with Gasteiger partial charge in [0.1, 0.15) is 0 Å². The van der Waals surface area contributed by atoms with Gasteiger partial charge in [0, 0.05) is 31.7 Å². The molecule has 0 N–H and O–H groups in total. The number of piperazine rings is 1. The van der Waals surface area contributed by atoms with E-state index >= 15 is 0 Å². The van der Waals surface area contributed by atoms with Gasteiger partial charge in [-0.3, -0.25) is 9.59 Å². The summed E-state index contributed by atoms with van der Waals surface area (Å²) in [6, 6.07) is 11.7. The summed E-state index contributed by atoms with van der Waals surface area (Å²) in [4.78, 5) is 29.5. The quantitative estimate of drug-likeness (QED) is 0.841. The number of nitrogens with zero attached hydrogens (tertiary/aromatic N) is 2. The van der Waals surface area contributed by atoms with Crippen LogP contribution in [0.1, 0.15) is 39.4 Å². The third-order valence-corrected chi connectivity index (χ3v) is 5.29. The number of hydrogen-bond donors (Lipinski definition) is 0. The molecular formula is C20H24N2O2S. The topological polar surface area (TPSA) is 40.6 Å². The maximum atomic E-state index is 12.7. The van der Waals surface area contributed by atoms with Gasteiger partial charge in [-0.25, -0.2) is 0 Å². The van der Waals surface area contributed by atoms with Crippen molar-refractivity contribution in [3.05, 3.63) is 57.8 Å². The summed E-state index contributed by atoms with van der Waals surface area (Å²) < 4.78 is 0. The average molecular weight is 356 g/mol. The van der Waals surface area contributed by atoms with Crippen LogP contribution in [0.15, 0.2) is 41.8 Å². The second-order valence-corrected chi connectivity index (χ2v) is 7.80. The number of carbonyl (C=O) groups is 2. The zero-order valence-corrected chi connectivity index (χ0v) is 15.6. The van der Waals surface area contributed by atoms with Crippen LogP contribution in [0.3, 0.4) is 0 Å². The number of carbonyl (C=O) groups excluding carboxylic acids is 2. The van der Waals surface area contributed by atoms with E-state index < -0.39 is 0 Å². The van der Waals surface area contributed by atoms with Crippen LogP contribution in [0.2, 0.25) is 0 Å². The predicted octanol–water partition coefficient (Wildman–Crippen LogP) is 3.54. The molecule has 2 heterocycles. The lowest BCUT2D eigenvalue weighted by Gasteiger charge is -2.34. The first kappa shape index (κ1) is 17.7. The number of amides is 2. The van der Waals surface area contributed by atoms with E-state index in [1.54, 1.807) is 0 Å². The van der Waals surface area contributed by atoms with E-state index in [0.717, 1.165) is 16.9 Å². The Hall–Kier alpha value is -2.14. The molecule has 3 rings (SSSR count). The molecule has 0 saturated carbocycles. The zero-order chi connectivity index (χ0) is 17.8. The van der Waals surface area contributed by atoms with E-state index in [-0.39, 0.29) is 11.8 Å². The smallest absolute Gasteiger partial charge is 0.264 e. The Bertz CT molecular complexity index is 715. The standard InChI is InChI=1S/C20H24N2O2S/c1-15(2)14-16-5-7-17(8-6-16)19(23)21-9-11-22(12-10-21)20(24)18-4-3-13-25-18/h3-8,13,15H,9-12,14H2,1-2H3. The first-order chi connectivity index (χ1) is 12.0. The zero-order valence-electron chi connectivity index (χ0n) is 14.8. The summed E-state index contributed by atoms with van der Waals surface area (Å²) in [5, 5.41) is 1.91. The van der Waals surface area contributed by atoms with Gasteiger partial charge < -0.3 is 9.80 Å². The summed E-state index contributed by atoms with van der Waals surface area (Å²) in [5.74, 6) is 0.731. The van der Waals surface area contributed by atoms with E-state index in [2.05, 4.69) is 13.8 Å².